The molecule has 1 saturated heterocycles. The lowest BCUT2D eigenvalue weighted by atomic mass is 9.98. The first-order valence-electron chi connectivity index (χ1n) is 8.89. The van der Waals surface area contributed by atoms with Crippen molar-refractivity contribution in [2.45, 2.75) is 58.4 Å². The van der Waals surface area contributed by atoms with Crippen LogP contribution < -0.4 is 5.01 Å². The Labute approximate surface area is 143 Å². The van der Waals surface area contributed by atoms with E-state index in [9.17, 15) is 9.59 Å². The lowest BCUT2D eigenvalue weighted by molar-refractivity contribution is -0.127. The van der Waals surface area contributed by atoms with Gasteiger partial charge in [0, 0.05) is 25.4 Å². The van der Waals surface area contributed by atoms with E-state index in [-0.39, 0.29) is 11.8 Å². The molecule has 1 fully saturated rings. The van der Waals surface area contributed by atoms with Crippen molar-refractivity contribution < 1.29 is 9.59 Å². The molecular weight excluding hydrogens is 302 g/mol. The zero-order valence-corrected chi connectivity index (χ0v) is 14.5. The highest BCUT2D eigenvalue weighted by molar-refractivity contribution is 6.40. The summed E-state index contributed by atoms with van der Waals surface area (Å²) in [5.74, 6) is -0.0424. The number of likely N-dealkylation sites (tertiary alicyclic amines) is 1. The van der Waals surface area contributed by atoms with Crippen molar-refractivity contribution in [1.82, 2.24) is 4.90 Å². The quantitative estimate of drug-likeness (QED) is 0.855. The molecule has 2 heterocycles. The molecule has 0 saturated carbocycles. The van der Waals surface area contributed by atoms with Crippen LogP contribution in [0.25, 0.3) is 0 Å². The maximum Gasteiger partial charge on any atom is 0.270 e. The molecule has 0 radical (unpaired) electrons. The van der Waals surface area contributed by atoms with Crippen LogP contribution in [0.1, 0.15) is 51.0 Å². The van der Waals surface area contributed by atoms with Crippen molar-refractivity contribution in [2.24, 2.45) is 5.10 Å². The minimum atomic E-state index is -0.0495. The number of piperidine rings is 1. The van der Waals surface area contributed by atoms with Gasteiger partial charge >= 0.3 is 0 Å². The average Bonchev–Trinajstić information content (AvgIpc) is 2.62. The van der Waals surface area contributed by atoms with E-state index in [0.717, 1.165) is 37.1 Å². The molecule has 0 bridgehead atoms. The first-order chi connectivity index (χ1) is 11.6. The van der Waals surface area contributed by atoms with Crippen molar-refractivity contribution in [3.05, 3.63) is 29.8 Å². The van der Waals surface area contributed by atoms with Gasteiger partial charge in [-0.2, -0.15) is 5.10 Å². The highest BCUT2D eigenvalue weighted by Gasteiger charge is 2.32. The molecule has 0 spiro atoms. The van der Waals surface area contributed by atoms with Crippen LogP contribution in [0, 0.1) is 6.92 Å². The van der Waals surface area contributed by atoms with Crippen LogP contribution in [0.4, 0.5) is 5.69 Å². The zero-order valence-electron chi connectivity index (χ0n) is 14.5. The van der Waals surface area contributed by atoms with Crippen LogP contribution in [-0.2, 0) is 9.59 Å². The number of anilines is 1. The Morgan fingerprint density at radius 3 is 2.79 bits per heavy atom. The summed E-state index contributed by atoms with van der Waals surface area (Å²) >= 11 is 0. The summed E-state index contributed by atoms with van der Waals surface area (Å²) in [6, 6.07) is 7.95. The normalized spacial score (nSPS) is 21.7. The number of rotatable bonds is 3. The molecule has 1 atom stereocenters. The molecule has 1 aromatic rings. The van der Waals surface area contributed by atoms with Crippen molar-refractivity contribution >= 4 is 23.2 Å². The monoisotopic (exact) mass is 327 g/mol. The van der Waals surface area contributed by atoms with Gasteiger partial charge in [-0.25, -0.2) is 5.01 Å². The third kappa shape index (κ3) is 3.21. The number of aryl methyl sites for hydroxylation is 1. The largest absolute Gasteiger partial charge is 0.335 e. The van der Waals surface area contributed by atoms with Crippen LogP contribution in [0.2, 0.25) is 0 Å². The van der Waals surface area contributed by atoms with E-state index in [4.69, 9.17) is 0 Å². The number of benzene rings is 1. The van der Waals surface area contributed by atoms with Crippen molar-refractivity contribution in [3.8, 4) is 0 Å². The molecule has 5 nitrogen and oxygen atoms in total. The molecule has 0 unspecified atom stereocenters. The third-order valence-corrected chi connectivity index (χ3v) is 4.98. The van der Waals surface area contributed by atoms with Crippen LogP contribution >= 0.6 is 0 Å². The van der Waals surface area contributed by atoms with Gasteiger partial charge < -0.3 is 4.90 Å². The van der Waals surface area contributed by atoms with Gasteiger partial charge in [0.15, 0.2) is 0 Å². The zero-order chi connectivity index (χ0) is 17.1. The van der Waals surface area contributed by atoms with Gasteiger partial charge in [-0.3, -0.25) is 9.59 Å². The number of para-hydroxylation sites is 1. The predicted molar refractivity (Wildman–Crippen MR) is 95.0 cm³/mol. The second-order valence-electron chi connectivity index (χ2n) is 6.60. The molecule has 0 N–H and O–H groups in total. The number of carbonyl (C=O) groups is 2. The molecule has 2 amide bonds. The molecule has 0 aromatic heterocycles. The topological polar surface area (TPSA) is 53.0 Å². The summed E-state index contributed by atoms with van der Waals surface area (Å²) in [5, 5.41) is 5.86. The van der Waals surface area contributed by atoms with E-state index in [1.165, 1.54) is 11.4 Å². The van der Waals surface area contributed by atoms with Gasteiger partial charge in [-0.1, -0.05) is 25.1 Å². The summed E-state index contributed by atoms with van der Waals surface area (Å²) in [6.07, 6.45) is 5.05. The van der Waals surface area contributed by atoms with Gasteiger partial charge in [-0.15, -0.1) is 0 Å². The molecule has 2 aliphatic rings. The van der Waals surface area contributed by atoms with E-state index in [1.807, 2.05) is 36.1 Å². The van der Waals surface area contributed by atoms with Gasteiger partial charge in [0.2, 0.25) is 5.91 Å². The maximum absolute atomic E-state index is 12.9. The Morgan fingerprint density at radius 1 is 1.25 bits per heavy atom. The van der Waals surface area contributed by atoms with E-state index in [1.54, 1.807) is 0 Å². The Bertz CT molecular complexity index is 668. The minimum absolute atomic E-state index is 0.00707. The molecule has 0 aliphatic carbocycles. The minimum Gasteiger partial charge on any atom is -0.335 e. The Kier molecular flexibility index (Phi) is 4.97. The molecule has 128 valence electrons. The van der Waals surface area contributed by atoms with E-state index < -0.39 is 0 Å². The number of hydrogen-bond acceptors (Lipinski definition) is 3. The lowest BCUT2D eigenvalue weighted by Gasteiger charge is -2.36. The van der Waals surface area contributed by atoms with Crippen LogP contribution in [0.15, 0.2) is 29.4 Å². The fourth-order valence-corrected chi connectivity index (χ4v) is 3.55. The number of hydrogen-bond donors (Lipinski definition) is 0. The molecule has 3 rings (SSSR count). The SMILES string of the molecule is CC[C@H]1CCCCN1C(=O)C1=NN(c2ccccc2C)C(=O)CC1. The third-order valence-electron chi connectivity index (χ3n) is 4.98. The average molecular weight is 327 g/mol. The molecular formula is C19H25N3O2. The summed E-state index contributed by atoms with van der Waals surface area (Å²) in [7, 11) is 0. The first-order valence-corrected chi connectivity index (χ1v) is 8.89. The maximum atomic E-state index is 12.9. The molecule has 1 aromatic carbocycles. The van der Waals surface area contributed by atoms with E-state index >= 15 is 0 Å². The number of hydrazone groups is 1. The van der Waals surface area contributed by atoms with Gasteiger partial charge in [0.05, 0.1) is 5.69 Å². The van der Waals surface area contributed by atoms with Crippen LogP contribution in [-0.4, -0.2) is 35.0 Å². The highest BCUT2D eigenvalue weighted by Crippen LogP contribution is 2.26. The lowest BCUT2D eigenvalue weighted by Crippen LogP contribution is -2.48. The summed E-state index contributed by atoms with van der Waals surface area (Å²) in [6.45, 7) is 4.88. The van der Waals surface area contributed by atoms with Gasteiger partial charge in [0.25, 0.3) is 5.91 Å². The number of nitrogens with zero attached hydrogens (tertiary/aromatic N) is 3. The Balaban J connectivity index is 1.87. The van der Waals surface area contributed by atoms with E-state index in [0.29, 0.717) is 24.6 Å². The summed E-state index contributed by atoms with van der Waals surface area (Å²) in [5.41, 5.74) is 2.25. The standard InChI is InChI=1S/C19H25N3O2/c1-3-15-9-6-7-13-21(15)19(24)16-11-12-18(23)22(20-16)17-10-5-4-8-14(17)2/h4-5,8,10,15H,3,6-7,9,11-13H2,1-2H3/t15-/m0/s1. The predicted octanol–water partition coefficient (Wildman–Crippen LogP) is 3.27. The van der Waals surface area contributed by atoms with Gasteiger partial charge in [0.1, 0.15) is 5.71 Å². The summed E-state index contributed by atoms with van der Waals surface area (Å²) in [4.78, 5) is 27.2. The van der Waals surface area contributed by atoms with Crippen LogP contribution in [0.3, 0.4) is 0 Å². The number of amides is 2. The molecule has 24 heavy (non-hydrogen) atoms. The number of carbonyl (C=O) groups excluding carboxylic acids is 2. The van der Waals surface area contributed by atoms with Crippen molar-refractivity contribution in [1.29, 1.82) is 0 Å². The Hall–Kier alpha value is -2.17. The first kappa shape index (κ1) is 16.7. The smallest absolute Gasteiger partial charge is 0.270 e. The fourth-order valence-electron chi connectivity index (χ4n) is 3.55. The molecule has 2 aliphatic heterocycles. The molecule has 5 heteroatoms. The second-order valence-corrected chi connectivity index (χ2v) is 6.60. The highest BCUT2D eigenvalue weighted by atomic mass is 16.2. The van der Waals surface area contributed by atoms with Gasteiger partial charge in [-0.05, 0) is 44.2 Å². The summed E-state index contributed by atoms with van der Waals surface area (Å²) < 4.78 is 0. The van der Waals surface area contributed by atoms with Crippen molar-refractivity contribution in [2.75, 3.05) is 11.6 Å². The van der Waals surface area contributed by atoms with Crippen molar-refractivity contribution in [3.63, 3.8) is 0 Å². The fraction of sp³-hybridized carbons (Fsp3) is 0.526. The Morgan fingerprint density at radius 2 is 2.04 bits per heavy atom. The van der Waals surface area contributed by atoms with Crippen LogP contribution in [0.5, 0.6) is 0 Å². The second kappa shape index (κ2) is 7.16. The van der Waals surface area contributed by atoms with E-state index in [2.05, 4.69) is 12.0 Å².